The summed E-state index contributed by atoms with van der Waals surface area (Å²) >= 11 is 3.92. The number of hydrogen-bond donors (Lipinski definition) is 0. The van der Waals surface area contributed by atoms with E-state index in [1.165, 1.54) is 30.4 Å². The van der Waals surface area contributed by atoms with Gasteiger partial charge in [0.2, 0.25) is 0 Å². The lowest BCUT2D eigenvalue weighted by Gasteiger charge is -2.20. The van der Waals surface area contributed by atoms with E-state index in [0.29, 0.717) is 10.7 Å². The summed E-state index contributed by atoms with van der Waals surface area (Å²) in [5, 5.41) is 0. The zero-order chi connectivity index (χ0) is 12.0. The molecule has 0 spiro atoms. The fourth-order valence-electron chi connectivity index (χ4n) is 3.34. The third-order valence-corrected chi connectivity index (χ3v) is 5.89. The third-order valence-electron chi connectivity index (χ3n) is 4.62. The first-order valence-electron chi connectivity index (χ1n) is 6.89. The van der Waals surface area contributed by atoms with Gasteiger partial charge in [0.1, 0.15) is 0 Å². The molecule has 0 radical (unpaired) electrons. The van der Waals surface area contributed by atoms with E-state index in [4.69, 9.17) is 0 Å². The third kappa shape index (κ3) is 2.31. The molecule has 0 amide bonds. The summed E-state index contributed by atoms with van der Waals surface area (Å²) in [7, 11) is 0. The zero-order valence-corrected chi connectivity index (χ0v) is 12.3. The molecule has 3 unspecified atom stereocenters. The van der Waals surface area contributed by atoms with Crippen LogP contribution in [0.15, 0.2) is 24.3 Å². The van der Waals surface area contributed by atoms with Crippen molar-refractivity contribution in [2.24, 2.45) is 17.8 Å². The van der Waals surface area contributed by atoms with E-state index in [2.05, 4.69) is 54.0 Å². The predicted molar refractivity (Wildman–Crippen MR) is 76.5 cm³/mol. The van der Waals surface area contributed by atoms with Gasteiger partial charge in [-0.05, 0) is 54.1 Å². The molecular weight excluding hydrogens is 272 g/mol. The van der Waals surface area contributed by atoms with Crippen LogP contribution >= 0.6 is 15.9 Å². The highest BCUT2D eigenvalue weighted by atomic mass is 79.9. The molecule has 0 nitrogen and oxygen atoms in total. The molecule has 1 aromatic carbocycles. The maximum absolute atomic E-state index is 3.92. The lowest BCUT2D eigenvalue weighted by atomic mass is 9.93. The van der Waals surface area contributed by atoms with E-state index >= 15 is 0 Å². The number of hydrogen-bond acceptors (Lipinski definition) is 0. The minimum Gasteiger partial charge on any atom is -0.0836 e. The summed E-state index contributed by atoms with van der Waals surface area (Å²) in [5.74, 6) is 3.67. The van der Waals surface area contributed by atoms with Crippen molar-refractivity contribution in [1.82, 2.24) is 0 Å². The smallest absolute Gasteiger partial charge is 0.0423 e. The Labute approximate surface area is 113 Å². The molecular formula is C16H21Br. The normalized spacial score (nSPS) is 32.6. The topological polar surface area (TPSA) is 0 Å². The van der Waals surface area contributed by atoms with Crippen LogP contribution in [0.3, 0.4) is 0 Å². The van der Waals surface area contributed by atoms with Crippen molar-refractivity contribution in [3.05, 3.63) is 35.4 Å². The van der Waals surface area contributed by atoms with Crippen LogP contribution in [-0.4, -0.2) is 0 Å². The van der Waals surface area contributed by atoms with Gasteiger partial charge in [-0.2, -0.15) is 0 Å². The SMILES string of the molecule is CC(C)c1ccc(C(Br)C2CC3CC3C2)cc1. The van der Waals surface area contributed by atoms with Crippen LogP contribution in [0.4, 0.5) is 0 Å². The molecule has 92 valence electrons. The van der Waals surface area contributed by atoms with Gasteiger partial charge in [0, 0.05) is 4.83 Å². The predicted octanol–water partition coefficient (Wildman–Crippen LogP) is 5.29. The fourth-order valence-corrected chi connectivity index (χ4v) is 4.07. The Morgan fingerprint density at radius 1 is 0.941 bits per heavy atom. The van der Waals surface area contributed by atoms with Gasteiger partial charge in [0.05, 0.1) is 0 Å². The highest BCUT2D eigenvalue weighted by Crippen LogP contribution is 2.58. The summed E-state index contributed by atoms with van der Waals surface area (Å²) in [5.41, 5.74) is 2.92. The van der Waals surface area contributed by atoms with Crippen LogP contribution < -0.4 is 0 Å². The molecule has 2 aliphatic rings. The molecule has 2 fully saturated rings. The Bertz CT molecular complexity index is 382. The lowest BCUT2D eigenvalue weighted by Crippen LogP contribution is -2.05. The summed E-state index contributed by atoms with van der Waals surface area (Å²) < 4.78 is 0. The number of benzene rings is 1. The molecule has 0 aliphatic heterocycles. The highest BCUT2D eigenvalue weighted by Gasteiger charge is 2.47. The van der Waals surface area contributed by atoms with E-state index in [-0.39, 0.29) is 0 Å². The Morgan fingerprint density at radius 3 is 2.00 bits per heavy atom. The van der Waals surface area contributed by atoms with Crippen molar-refractivity contribution >= 4 is 15.9 Å². The van der Waals surface area contributed by atoms with E-state index < -0.39 is 0 Å². The maximum atomic E-state index is 3.92. The summed E-state index contributed by atoms with van der Waals surface area (Å²) in [6.07, 6.45) is 4.42. The maximum Gasteiger partial charge on any atom is 0.0423 e. The first-order chi connectivity index (χ1) is 8.15. The van der Waals surface area contributed by atoms with Crippen molar-refractivity contribution in [3.8, 4) is 0 Å². The molecule has 2 aliphatic carbocycles. The molecule has 0 aromatic heterocycles. The minimum absolute atomic E-state index is 0.580. The van der Waals surface area contributed by atoms with Crippen molar-refractivity contribution in [2.45, 2.75) is 43.9 Å². The number of fused-ring (bicyclic) bond motifs is 1. The Balaban J connectivity index is 1.70. The largest absolute Gasteiger partial charge is 0.0836 e. The second-order valence-corrected chi connectivity index (χ2v) is 7.20. The lowest BCUT2D eigenvalue weighted by molar-refractivity contribution is 0.482. The second kappa shape index (κ2) is 4.42. The number of halogens is 1. The van der Waals surface area contributed by atoms with Crippen molar-refractivity contribution in [2.75, 3.05) is 0 Å². The molecule has 0 saturated heterocycles. The van der Waals surface area contributed by atoms with Gasteiger partial charge >= 0.3 is 0 Å². The Kier molecular flexibility index (Phi) is 3.06. The van der Waals surface area contributed by atoms with E-state index in [0.717, 1.165) is 17.8 Å². The second-order valence-electron chi connectivity index (χ2n) is 6.21. The summed E-state index contributed by atoms with van der Waals surface area (Å²) in [4.78, 5) is 0.580. The van der Waals surface area contributed by atoms with Gasteiger partial charge < -0.3 is 0 Å². The van der Waals surface area contributed by atoms with Crippen LogP contribution in [0.1, 0.15) is 55.0 Å². The molecule has 3 rings (SSSR count). The fraction of sp³-hybridized carbons (Fsp3) is 0.625. The first-order valence-corrected chi connectivity index (χ1v) is 7.80. The van der Waals surface area contributed by atoms with Crippen LogP contribution in [0, 0.1) is 17.8 Å². The molecule has 0 N–H and O–H groups in total. The molecule has 3 atom stereocenters. The van der Waals surface area contributed by atoms with Gasteiger partial charge in [-0.25, -0.2) is 0 Å². The number of rotatable bonds is 3. The van der Waals surface area contributed by atoms with Crippen molar-refractivity contribution in [1.29, 1.82) is 0 Å². The van der Waals surface area contributed by atoms with E-state index in [1.807, 2.05) is 0 Å². The molecule has 0 bridgehead atoms. The Hall–Kier alpha value is -0.300. The van der Waals surface area contributed by atoms with Gasteiger partial charge in [-0.1, -0.05) is 54.0 Å². The summed E-state index contributed by atoms with van der Waals surface area (Å²) in [6.45, 7) is 4.51. The first kappa shape index (κ1) is 11.8. The quantitative estimate of drug-likeness (QED) is 0.664. The minimum atomic E-state index is 0.580. The van der Waals surface area contributed by atoms with Crippen LogP contribution in [0.2, 0.25) is 0 Å². The van der Waals surface area contributed by atoms with Gasteiger partial charge in [0.25, 0.3) is 0 Å². The molecule has 17 heavy (non-hydrogen) atoms. The summed E-state index contributed by atoms with van der Waals surface area (Å²) in [6, 6.07) is 9.23. The molecule has 0 heterocycles. The zero-order valence-electron chi connectivity index (χ0n) is 10.7. The monoisotopic (exact) mass is 292 g/mol. The average molecular weight is 293 g/mol. The van der Waals surface area contributed by atoms with E-state index in [9.17, 15) is 0 Å². The molecule has 1 heteroatoms. The van der Waals surface area contributed by atoms with E-state index in [1.54, 1.807) is 0 Å². The van der Waals surface area contributed by atoms with Crippen molar-refractivity contribution < 1.29 is 0 Å². The average Bonchev–Trinajstić information content (AvgIpc) is 2.95. The Morgan fingerprint density at radius 2 is 1.47 bits per heavy atom. The molecule has 2 saturated carbocycles. The van der Waals surface area contributed by atoms with Gasteiger partial charge in [0.15, 0.2) is 0 Å². The number of alkyl halides is 1. The van der Waals surface area contributed by atoms with Crippen LogP contribution in [0.25, 0.3) is 0 Å². The van der Waals surface area contributed by atoms with Crippen LogP contribution in [0.5, 0.6) is 0 Å². The van der Waals surface area contributed by atoms with Gasteiger partial charge in [-0.15, -0.1) is 0 Å². The van der Waals surface area contributed by atoms with Crippen molar-refractivity contribution in [3.63, 3.8) is 0 Å². The van der Waals surface area contributed by atoms with Crippen LogP contribution in [-0.2, 0) is 0 Å². The standard InChI is InChI=1S/C16H21Br/c1-10(2)11-3-5-12(6-4-11)16(17)15-8-13-7-14(13)9-15/h3-6,10,13-16H,7-9H2,1-2H3. The van der Waals surface area contributed by atoms with Gasteiger partial charge in [-0.3, -0.25) is 0 Å². The molecule has 1 aromatic rings. The highest BCUT2D eigenvalue weighted by molar-refractivity contribution is 9.09.